The third-order valence-electron chi connectivity index (χ3n) is 5.01. The molecule has 6 nitrogen and oxygen atoms in total. The van der Waals surface area contributed by atoms with Crippen molar-refractivity contribution in [2.75, 3.05) is 31.1 Å². The lowest BCUT2D eigenvalue weighted by Crippen LogP contribution is -2.48. The second kappa shape index (κ2) is 7.58. The molecule has 0 aromatic carbocycles. The summed E-state index contributed by atoms with van der Waals surface area (Å²) in [5, 5.41) is 7.31. The molecule has 4 rings (SSSR count). The smallest absolute Gasteiger partial charge is 0.239 e. The molecule has 2 aromatic rings. The summed E-state index contributed by atoms with van der Waals surface area (Å²) in [6.07, 6.45) is 7.53. The van der Waals surface area contributed by atoms with Crippen molar-refractivity contribution in [1.82, 2.24) is 25.0 Å². The van der Waals surface area contributed by atoms with Gasteiger partial charge in [-0.3, -0.25) is 19.8 Å². The molecule has 0 spiro atoms. The SMILES string of the molecule is O=C(C1CCCN1Cc1cn[nH]c1-c1cccnc1)N1CCSCC1. The van der Waals surface area contributed by atoms with Crippen LogP contribution in [0.3, 0.4) is 0 Å². The van der Waals surface area contributed by atoms with E-state index < -0.39 is 0 Å². The second-order valence-electron chi connectivity index (χ2n) is 6.58. The van der Waals surface area contributed by atoms with Crippen molar-refractivity contribution in [2.45, 2.75) is 25.4 Å². The Morgan fingerprint density at radius 1 is 1.28 bits per heavy atom. The molecule has 1 amide bonds. The van der Waals surface area contributed by atoms with E-state index in [0.717, 1.165) is 67.3 Å². The van der Waals surface area contributed by atoms with Gasteiger partial charge in [-0.15, -0.1) is 0 Å². The highest BCUT2D eigenvalue weighted by atomic mass is 32.2. The summed E-state index contributed by atoms with van der Waals surface area (Å²) in [6, 6.07) is 3.97. The van der Waals surface area contributed by atoms with Gasteiger partial charge in [0.05, 0.1) is 17.9 Å². The summed E-state index contributed by atoms with van der Waals surface area (Å²) in [7, 11) is 0. The van der Waals surface area contributed by atoms with E-state index in [4.69, 9.17) is 0 Å². The molecule has 0 saturated carbocycles. The Kier molecular flexibility index (Phi) is 5.03. The fraction of sp³-hybridized carbons (Fsp3) is 0.500. The first-order valence-electron chi connectivity index (χ1n) is 8.86. The Balaban J connectivity index is 1.49. The average molecular weight is 357 g/mol. The van der Waals surface area contributed by atoms with Gasteiger partial charge in [0.2, 0.25) is 5.91 Å². The number of H-pyrrole nitrogens is 1. The summed E-state index contributed by atoms with van der Waals surface area (Å²) in [5.74, 6) is 2.43. The number of nitrogens with one attached hydrogen (secondary N) is 1. The number of hydrogen-bond donors (Lipinski definition) is 1. The van der Waals surface area contributed by atoms with Crippen molar-refractivity contribution < 1.29 is 4.79 Å². The molecule has 2 saturated heterocycles. The number of nitrogens with zero attached hydrogens (tertiary/aromatic N) is 4. The van der Waals surface area contributed by atoms with Crippen LogP contribution in [0.15, 0.2) is 30.7 Å². The van der Waals surface area contributed by atoms with Crippen molar-refractivity contribution in [3.63, 3.8) is 0 Å². The van der Waals surface area contributed by atoms with Crippen LogP contribution < -0.4 is 0 Å². The van der Waals surface area contributed by atoms with Gasteiger partial charge < -0.3 is 4.90 Å². The van der Waals surface area contributed by atoms with Crippen molar-refractivity contribution in [1.29, 1.82) is 0 Å². The van der Waals surface area contributed by atoms with Crippen LogP contribution in [0.25, 0.3) is 11.3 Å². The molecule has 2 aliphatic heterocycles. The summed E-state index contributed by atoms with van der Waals surface area (Å²) >= 11 is 1.94. The number of hydrogen-bond acceptors (Lipinski definition) is 5. The largest absolute Gasteiger partial charge is 0.340 e. The molecular weight excluding hydrogens is 334 g/mol. The molecule has 25 heavy (non-hydrogen) atoms. The summed E-state index contributed by atoms with van der Waals surface area (Å²) < 4.78 is 0. The molecule has 1 N–H and O–H groups in total. The lowest BCUT2D eigenvalue weighted by atomic mass is 10.1. The summed E-state index contributed by atoms with van der Waals surface area (Å²) in [6.45, 7) is 3.50. The molecule has 0 radical (unpaired) electrons. The third kappa shape index (κ3) is 3.57. The van der Waals surface area contributed by atoms with Crippen molar-refractivity contribution in [3.8, 4) is 11.3 Å². The van der Waals surface area contributed by atoms with Gasteiger partial charge >= 0.3 is 0 Å². The first kappa shape index (κ1) is 16.6. The molecule has 2 aromatic heterocycles. The zero-order valence-electron chi connectivity index (χ0n) is 14.2. The van der Waals surface area contributed by atoms with Crippen LogP contribution in [0.4, 0.5) is 0 Å². The monoisotopic (exact) mass is 357 g/mol. The lowest BCUT2D eigenvalue weighted by Gasteiger charge is -2.32. The highest BCUT2D eigenvalue weighted by molar-refractivity contribution is 7.99. The van der Waals surface area contributed by atoms with E-state index in [1.54, 1.807) is 6.20 Å². The van der Waals surface area contributed by atoms with Crippen LogP contribution in [0.1, 0.15) is 18.4 Å². The number of pyridine rings is 1. The summed E-state index contributed by atoms with van der Waals surface area (Å²) in [4.78, 5) is 21.5. The molecule has 1 unspecified atom stereocenters. The predicted molar refractivity (Wildman–Crippen MR) is 99.2 cm³/mol. The molecule has 1 atom stereocenters. The van der Waals surface area contributed by atoms with Gasteiger partial charge in [0.1, 0.15) is 0 Å². The van der Waals surface area contributed by atoms with Crippen molar-refractivity contribution >= 4 is 17.7 Å². The van der Waals surface area contributed by atoms with Crippen LogP contribution in [0, 0.1) is 0 Å². The number of carbonyl (C=O) groups excluding carboxylic acids is 1. The normalized spacial score (nSPS) is 21.6. The van der Waals surface area contributed by atoms with Crippen LogP contribution in [0.2, 0.25) is 0 Å². The third-order valence-corrected chi connectivity index (χ3v) is 5.96. The van der Waals surface area contributed by atoms with Crippen LogP contribution in [-0.4, -0.2) is 68.1 Å². The number of rotatable bonds is 4. The van der Waals surface area contributed by atoms with Gasteiger partial charge in [0.15, 0.2) is 0 Å². The molecule has 132 valence electrons. The highest BCUT2D eigenvalue weighted by Gasteiger charge is 2.34. The fourth-order valence-electron chi connectivity index (χ4n) is 3.70. The van der Waals surface area contributed by atoms with Crippen LogP contribution >= 0.6 is 11.8 Å². The average Bonchev–Trinajstić information content (AvgIpc) is 3.32. The minimum Gasteiger partial charge on any atom is -0.340 e. The van der Waals surface area contributed by atoms with Gasteiger partial charge in [-0.1, -0.05) is 0 Å². The van der Waals surface area contributed by atoms with E-state index >= 15 is 0 Å². The van der Waals surface area contributed by atoms with E-state index in [-0.39, 0.29) is 6.04 Å². The van der Waals surface area contributed by atoms with E-state index in [0.29, 0.717) is 5.91 Å². The molecule has 4 heterocycles. The van der Waals surface area contributed by atoms with Gasteiger partial charge in [0, 0.05) is 54.7 Å². The van der Waals surface area contributed by atoms with Gasteiger partial charge in [-0.2, -0.15) is 16.9 Å². The maximum Gasteiger partial charge on any atom is 0.239 e. The number of aromatic nitrogens is 3. The quantitative estimate of drug-likeness (QED) is 0.907. The number of amides is 1. The molecule has 2 fully saturated rings. The van der Waals surface area contributed by atoms with E-state index in [1.165, 1.54) is 0 Å². The number of likely N-dealkylation sites (tertiary alicyclic amines) is 1. The first-order chi connectivity index (χ1) is 12.3. The molecule has 0 aliphatic carbocycles. The fourth-order valence-corrected chi connectivity index (χ4v) is 4.60. The standard InChI is InChI=1S/C18H23N5OS/c24-18(22-7-9-25-10-8-22)16-4-2-6-23(16)13-15-12-20-21-17(15)14-3-1-5-19-11-14/h1,3,5,11-12,16H,2,4,6-10,13H2,(H,20,21). The van der Waals surface area contributed by atoms with Crippen molar-refractivity contribution in [2.24, 2.45) is 0 Å². The number of thioether (sulfide) groups is 1. The number of carbonyl (C=O) groups is 1. The summed E-state index contributed by atoms with van der Waals surface area (Å²) in [5.41, 5.74) is 3.16. The number of aromatic amines is 1. The highest BCUT2D eigenvalue weighted by Crippen LogP contribution is 2.27. The Morgan fingerprint density at radius 2 is 2.16 bits per heavy atom. The minimum atomic E-state index is 0.0137. The topological polar surface area (TPSA) is 65.1 Å². The minimum absolute atomic E-state index is 0.0137. The zero-order valence-corrected chi connectivity index (χ0v) is 15.0. The molecule has 7 heteroatoms. The Morgan fingerprint density at radius 3 is 2.96 bits per heavy atom. The maximum atomic E-state index is 12.9. The van der Waals surface area contributed by atoms with Crippen LogP contribution in [-0.2, 0) is 11.3 Å². The molecular formula is C18H23N5OS. The predicted octanol–water partition coefficient (Wildman–Crippen LogP) is 2.01. The Labute approximate surface area is 152 Å². The van der Waals surface area contributed by atoms with Crippen molar-refractivity contribution in [3.05, 3.63) is 36.3 Å². The lowest BCUT2D eigenvalue weighted by molar-refractivity contribution is -0.135. The van der Waals surface area contributed by atoms with Crippen LogP contribution in [0.5, 0.6) is 0 Å². The van der Waals surface area contributed by atoms with E-state index in [1.807, 2.05) is 36.3 Å². The first-order valence-corrected chi connectivity index (χ1v) is 10.0. The Hall–Kier alpha value is -1.86. The van der Waals surface area contributed by atoms with E-state index in [2.05, 4.69) is 25.0 Å². The van der Waals surface area contributed by atoms with E-state index in [9.17, 15) is 4.79 Å². The second-order valence-corrected chi connectivity index (χ2v) is 7.80. The van der Waals surface area contributed by atoms with Gasteiger partial charge in [-0.05, 0) is 31.5 Å². The molecule has 0 bridgehead atoms. The Bertz CT molecular complexity index is 713. The maximum absolute atomic E-state index is 12.9. The molecule has 2 aliphatic rings. The van der Waals surface area contributed by atoms with Gasteiger partial charge in [0.25, 0.3) is 0 Å². The van der Waals surface area contributed by atoms with Gasteiger partial charge in [-0.25, -0.2) is 0 Å². The zero-order chi connectivity index (χ0) is 17.1.